The Morgan fingerprint density at radius 2 is 1.92 bits per heavy atom. The zero-order chi connectivity index (χ0) is 18.4. The lowest BCUT2D eigenvalue weighted by Crippen LogP contribution is -2.44. The molecule has 6 heteroatoms. The maximum absolute atomic E-state index is 8.36. The maximum Gasteiger partial charge on any atom is 0.290 e. The zero-order valence-electron chi connectivity index (χ0n) is 14.7. The number of ether oxygens (including phenoxy) is 1. The van der Waals surface area contributed by atoms with Crippen molar-refractivity contribution >= 4 is 12.3 Å². The second-order valence-corrected chi connectivity index (χ2v) is 6.76. The number of benzene rings is 1. The van der Waals surface area contributed by atoms with E-state index in [0.717, 1.165) is 31.1 Å². The van der Waals surface area contributed by atoms with Crippen LogP contribution in [0.25, 0.3) is 0 Å². The molecule has 1 aromatic heterocycles. The van der Waals surface area contributed by atoms with E-state index in [1.54, 1.807) is 6.20 Å². The van der Waals surface area contributed by atoms with Crippen molar-refractivity contribution in [2.45, 2.75) is 31.6 Å². The number of anilines is 1. The monoisotopic (exact) mass is 355 g/mol. The van der Waals surface area contributed by atoms with Crippen LogP contribution in [0.4, 0.5) is 5.82 Å². The van der Waals surface area contributed by atoms with E-state index in [1.165, 1.54) is 18.4 Å². The van der Waals surface area contributed by atoms with Crippen LogP contribution in [-0.4, -0.2) is 40.7 Å². The van der Waals surface area contributed by atoms with Gasteiger partial charge in [0.1, 0.15) is 5.82 Å². The summed E-state index contributed by atoms with van der Waals surface area (Å²) >= 11 is 0. The highest BCUT2D eigenvalue weighted by atomic mass is 16.5. The Kier molecular flexibility index (Phi) is 6.20. The van der Waals surface area contributed by atoms with Crippen molar-refractivity contribution in [3.8, 4) is 0 Å². The molecule has 138 valence electrons. The van der Waals surface area contributed by atoms with Gasteiger partial charge in [-0.2, -0.15) is 0 Å². The summed E-state index contributed by atoms with van der Waals surface area (Å²) in [6.07, 6.45) is 4.84. The second-order valence-electron chi connectivity index (χ2n) is 6.76. The average Bonchev–Trinajstić information content (AvgIpc) is 3.50. The van der Waals surface area contributed by atoms with Gasteiger partial charge in [0.25, 0.3) is 6.47 Å². The maximum atomic E-state index is 8.36. The lowest BCUT2D eigenvalue weighted by molar-refractivity contribution is -0.122. The third-order valence-corrected chi connectivity index (χ3v) is 4.84. The van der Waals surface area contributed by atoms with Crippen molar-refractivity contribution in [1.29, 1.82) is 0 Å². The zero-order valence-corrected chi connectivity index (χ0v) is 14.7. The van der Waals surface area contributed by atoms with Gasteiger partial charge in [0, 0.05) is 31.4 Å². The summed E-state index contributed by atoms with van der Waals surface area (Å²) in [7, 11) is 0. The molecule has 0 amide bonds. The summed E-state index contributed by atoms with van der Waals surface area (Å²) in [5.41, 5.74) is 8.39. The van der Waals surface area contributed by atoms with Gasteiger partial charge in [-0.3, -0.25) is 9.69 Å². The van der Waals surface area contributed by atoms with Crippen LogP contribution in [0.2, 0.25) is 0 Å². The Balaban J connectivity index is 0.000000613. The Labute approximate surface area is 153 Å². The molecule has 1 aromatic carbocycles. The van der Waals surface area contributed by atoms with E-state index in [-0.39, 0.29) is 12.6 Å². The minimum Gasteiger partial charge on any atom is -0.483 e. The molecular formula is C20H25N3O3. The number of nitrogens with two attached hydrogens (primary N) is 1. The topological polar surface area (TPSA) is 88.7 Å². The number of nitrogen functional groups attached to an aromatic ring is 1. The molecule has 1 saturated carbocycles. The fourth-order valence-electron chi connectivity index (χ4n) is 3.39. The van der Waals surface area contributed by atoms with E-state index < -0.39 is 0 Å². The number of carboxylic acid groups (broad SMARTS) is 1. The molecule has 1 saturated heterocycles. The molecule has 6 nitrogen and oxygen atoms in total. The van der Waals surface area contributed by atoms with Crippen molar-refractivity contribution in [3.05, 3.63) is 59.8 Å². The molecule has 2 aliphatic rings. The third-order valence-electron chi connectivity index (χ3n) is 4.84. The number of nitrogens with zero attached hydrogens (tertiary/aromatic N) is 2. The van der Waals surface area contributed by atoms with Crippen LogP contribution in [0.3, 0.4) is 0 Å². The summed E-state index contributed by atoms with van der Waals surface area (Å²) < 4.78 is 6.41. The van der Waals surface area contributed by atoms with Crippen molar-refractivity contribution in [2.75, 3.05) is 18.8 Å². The van der Waals surface area contributed by atoms with E-state index in [0.29, 0.717) is 11.9 Å². The standard InChI is InChI=1S/C19H23N3O.CH2O2/c20-19-16(7-4-10-21-19)11-22-12-17(14-5-2-1-3-6-14)23-18(13-22)15-8-9-15;2-1-3/h1-7,10,15,17-18H,8-9,11-13H2,(H2,20,21);1H,(H,2,3)/t17-,18+;/m0./s1. The number of aromatic nitrogens is 1. The van der Waals surface area contributed by atoms with Crippen LogP contribution in [0.15, 0.2) is 48.7 Å². The first-order valence-corrected chi connectivity index (χ1v) is 8.91. The minimum absolute atomic E-state index is 0.147. The van der Waals surface area contributed by atoms with E-state index in [2.05, 4.69) is 46.3 Å². The number of morpholine rings is 1. The lowest BCUT2D eigenvalue weighted by Gasteiger charge is -2.38. The van der Waals surface area contributed by atoms with Gasteiger partial charge in [0.05, 0.1) is 12.2 Å². The Bertz CT molecular complexity index is 706. The van der Waals surface area contributed by atoms with Crippen LogP contribution in [0, 0.1) is 5.92 Å². The van der Waals surface area contributed by atoms with Crippen LogP contribution in [-0.2, 0) is 16.1 Å². The van der Waals surface area contributed by atoms with Gasteiger partial charge in [-0.25, -0.2) is 4.98 Å². The molecule has 3 N–H and O–H groups in total. The van der Waals surface area contributed by atoms with Crippen LogP contribution in [0.1, 0.15) is 30.1 Å². The van der Waals surface area contributed by atoms with Gasteiger partial charge in [-0.1, -0.05) is 36.4 Å². The summed E-state index contributed by atoms with van der Waals surface area (Å²) in [4.78, 5) is 15.0. The molecule has 0 radical (unpaired) electrons. The Morgan fingerprint density at radius 1 is 1.19 bits per heavy atom. The normalized spacial score (nSPS) is 22.9. The van der Waals surface area contributed by atoms with Gasteiger partial charge in [0.15, 0.2) is 0 Å². The first kappa shape index (κ1) is 18.4. The number of hydrogen-bond donors (Lipinski definition) is 2. The van der Waals surface area contributed by atoms with E-state index in [1.807, 2.05) is 6.07 Å². The van der Waals surface area contributed by atoms with Gasteiger partial charge in [0.2, 0.25) is 0 Å². The minimum atomic E-state index is -0.250. The van der Waals surface area contributed by atoms with Crippen molar-refractivity contribution in [1.82, 2.24) is 9.88 Å². The van der Waals surface area contributed by atoms with Crippen molar-refractivity contribution in [3.63, 3.8) is 0 Å². The fourth-order valence-corrected chi connectivity index (χ4v) is 3.39. The van der Waals surface area contributed by atoms with Gasteiger partial charge >= 0.3 is 0 Å². The van der Waals surface area contributed by atoms with Crippen LogP contribution in [0.5, 0.6) is 0 Å². The summed E-state index contributed by atoms with van der Waals surface area (Å²) in [6, 6.07) is 14.6. The number of pyridine rings is 1. The Hall–Kier alpha value is -2.44. The molecule has 0 unspecified atom stereocenters. The average molecular weight is 355 g/mol. The smallest absolute Gasteiger partial charge is 0.290 e. The SMILES string of the molecule is Nc1ncccc1CN1C[C@@H](c2ccccc2)O[C@@H](C2CC2)C1.O=CO. The molecule has 2 aromatic rings. The first-order valence-electron chi connectivity index (χ1n) is 8.91. The largest absolute Gasteiger partial charge is 0.483 e. The van der Waals surface area contributed by atoms with Crippen LogP contribution < -0.4 is 5.73 Å². The number of hydrogen-bond acceptors (Lipinski definition) is 5. The molecule has 0 bridgehead atoms. The highest BCUT2D eigenvalue weighted by Gasteiger charge is 2.38. The van der Waals surface area contributed by atoms with Crippen LogP contribution >= 0.6 is 0 Å². The molecular weight excluding hydrogens is 330 g/mol. The molecule has 2 fully saturated rings. The fraction of sp³-hybridized carbons (Fsp3) is 0.400. The van der Waals surface area contributed by atoms with Gasteiger partial charge in [-0.15, -0.1) is 0 Å². The molecule has 1 aliphatic heterocycles. The lowest BCUT2D eigenvalue weighted by atomic mass is 10.0. The van der Waals surface area contributed by atoms with E-state index in [4.69, 9.17) is 20.4 Å². The summed E-state index contributed by atoms with van der Waals surface area (Å²) in [6.45, 7) is 2.49. The second kappa shape index (κ2) is 8.78. The molecule has 2 atom stereocenters. The number of carbonyl (C=O) groups is 1. The van der Waals surface area contributed by atoms with E-state index >= 15 is 0 Å². The van der Waals surface area contributed by atoms with Crippen molar-refractivity contribution in [2.24, 2.45) is 5.92 Å². The number of rotatable bonds is 4. The highest BCUT2D eigenvalue weighted by Crippen LogP contribution is 2.39. The molecule has 0 spiro atoms. The predicted octanol–water partition coefficient (Wildman–Crippen LogP) is 2.72. The third kappa shape index (κ3) is 4.80. The van der Waals surface area contributed by atoms with E-state index in [9.17, 15) is 0 Å². The molecule has 26 heavy (non-hydrogen) atoms. The first-order chi connectivity index (χ1) is 12.7. The van der Waals surface area contributed by atoms with Gasteiger partial charge < -0.3 is 15.6 Å². The highest BCUT2D eigenvalue weighted by molar-refractivity contribution is 5.38. The van der Waals surface area contributed by atoms with Gasteiger partial charge in [-0.05, 0) is 30.4 Å². The molecule has 4 rings (SSSR count). The quantitative estimate of drug-likeness (QED) is 0.820. The molecule has 2 heterocycles. The molecule has 1 aliphatic carbocycles. The predicted molar refractivity (Wildman–Crippen MR) is 99.4 cm³/mol. The van der Waals surface area contributed by atoms with Crippen molar-refractivity contribution < 1.29 is 14.6 Å². The summed E-state index contributed by atoms with van der Waals surface area (Å²) in [5.74, 6) is 1.37. The Morgan fingerprint density at radius 3 is 2.58 bits per heavy atom. The summed E-state index contributed by atoms with van der Waals surface area (Å²) in [5, 5.41) is 6.89.